The number of ether oxygens (including phenoxy) is 1. The molecule has 0 bridgehead atoms. The third-order valence-corrected chi connectivity index (χ3v) is 4.69. The highest BCUT2D eigenvalue weighted by atomic mass is 35.6. The summed E-state index contributed by atoms with van der Waals surface area (Å²) in [5.74, 6) is -0.635. The highest BCUT2D eigenvalue weighted by Crippen LogP contribution is 2.29. The zero-order chi connectivity index (χ0) is 21.9. The Balaban J connectivity index is 2.62. The van der Waals surface area contributed by atoms with E-state index in [1.165, 1.54) is 0 Å². The number of benzene rings is 1. The van der Waals surface area contributed by atoms with E-state index in [9.17, 15) is 9.59 Å². The largest absolute Gasteiger partial charge is 0.462 e. The smallest absolute Gasteiger partial charge is 0.338 e. The number of anilines is 1. The Morgan fingerprint density at radius 2 is 1.72 bits per heavy atom. The molecule has 0 fully saturated rings. The first-order valence-electron chi connectivity index (χ1n) is 9.38. The lowest BCUT2D eigenvalue weighted by atomic mass is 10.1. The van der Waals surface area contributed by atoms with Crippen molar-refractivity contribution in [1.29, 1.82) is 0 Å². The van der Waals surface area contributed by atoms with E-state index in [1.54, 1.807) is 31.2 Å². The summed E-state index contributed by atoms with van der Waals surface area (Å²) in [6, 6.07) is 6.54. The number of amides is 1. The van der Waals surface area contributed by atoms with Crippen molar-refractivity contribution in [3.8, 4) is 0 Å². The number of carbonyl (C=O) groups is 2. The first-order valence-corrected chi connectivity index (χ1v) is 10.9. The quantitative estimate of drug-likeness (QED) is 0.144. The normalized spacial score (nSPS) is 12.0. The van der Waals surface area contributed by atoms with Crippen LogP contribution in [0.5, 0.6) is 0 Å². The fraction of sp³-hybridized carbons (Fsp3) is 0.526. The molecule has 6 nitrogen and oxygen atoms in total. The fourth-order valence-electron chi connectivity index (χ4n) is 2.35. The molecule has 162 valence electrons. The van der Waals surface area contributed by atoms with Gasteiger partial charge < -0.3 is 20.7 Å². The highest BCUT2D eigenvalue weighted by Gasteiger charge is 2.34. The molecule has 1 aromatic rings. The van der Waals surface area contributed by atoms with Crippen LogP contribution in [0.2, 0.25) is 0 Å². The molecular weight excluding hydrogens is 457 g/mol. The minimum atomic E-state index is -1.81. The number of halogens is 3. The number of alkyl halides is 3. The van der Waals surface area contributed by atoms with Crippen LogP contribution in [-0.4, -0.2) is 33.6 Å². The Morgan fingerprint density at radius 1 is 1.07 bits per heavy atom. The van der Waals surface area contributed by atoms with Gasteiger partial charge in [0.1, 0.15) is 6.17 Å². The van der Waals surface area contributed by atoms with E-state index in [0.717, 1.165) is 25.7 Å². The maximum absolute atomic E-state index is 12.1. The minimum Gasteiger partial charge on any atom is -0.462 e. The molecule has 0 spiro atoms. The van der Waals surface area contributed by atoms with Crippen molar-refractivity contribution >= 4 is 69.7 Å². The number of unbranched alkanes of at least 4 members (excludes halogenated alkanes) is 3. The number of nitrogens with one attached hydrogen (secondary N) is 3. The Hall–Kier alpha value is -1.28. The van der Waals surface area contributed by atoms with Gasteiger partial charge in [0.15, 0.2) is 5.11 Å². The SMILES string of the molecule is CCCCCCC(=O)N[C@@H](NC(=S)Nc1ccc(C(=O)OCC)cc1)C(Cl)(Cl)Cl. The van der Waals surface area contributed by atoms with E-state index < -0.39 is 15.9 Å². The zero-order valence-electron chi connectivity index (χ0n) is 16.4. The maximum atomic E-state index is 12.1. The molecule has 1 rings (SSSR count). The Bertz CT molecular complexity index is 682. The van der Waals surface area contributed by atoms with Crippen LogP contribution < -0.4 is 16.0 Å². The van der Waals surface area contributed by atoms with Crippen LogP contribution >= 0.6 is 47.0 Å². The van der Waals surface area contributed by atoms with Crippen molar-refractivity contribution in [2.75, 3.05) is 11.9 Å². The predicted octanol–water partition coefficient (Wildman–Crippen LogP) is 4.93. The molecular formula is C19H26Cl3N3O3S. The molecule has 0 saturated carbocycles. The van der Waals surface area contributed by atoms with Crippen LogP contribution in [-0.2, 0) is 9.53 Å². The van der Waals surface area contributed by atoms with Gasteiger partial charge in [0.2, 0.25) is 9.70 Å². The topological polar surface area (TPSA) is 79.5 Å². The summed E-state index contributed by atoms with van der Waals surface area (Å²) in [6.07, 6.45) is 3.22. The van der Waals surface area contributed by atoms with Gasteiger partial charge in [-0.3, -0.25) is 4.79 Å². The van der Waals surface area contributed by atoms with E-state index >= 15 is 0 Å². The Morgan fingerprint density at radius 3 is 2.28 bits per heavy atom. The van der Waals surface area contributed by atoms with Crippen molar-refractivity contribution in [3.63, 3.8) is 0 Å². The summed E-state index contributed by atoms with van der Waals surface area (Å²) >= 11 is 23.2. The van der Waals surface area contributed by atoms with Gasteiger partial charge in [0.25, 0.3) is 0 Å². The summed E-state index contributed by atoms with van der Waals surface area (Å²) in [5, 5.41) is 8.52. The van der Waals surface area contributed by atoms with Crippen LogP contribution in [0.1, 0.15) is 56.3 Å². The van der Waals surface area contributed by atoms with Gasteiger partial charge in [-0.2, -0.15) is 0 Å². The van der Waals surface area contributed by atoms with Gasteiger partial charge in [-0.25, -0.2) is 4.79 Å². The zero-order valence-corrected chi connectivity index (χ0v) is 19.5. The standard InChI is InChI=1S/C19H26Cl3N3O3S/c1-3-5-6-7-8-15(26)24-17(19(20,21)22)25-18(29)23-14-11-9-13(10-12-14)16(27)28-4-2/h9-12,17H,3-8H2,1-2H3,(H,24,26)(H2,23,25,29)/t17-/m0/s1. The average molecular weight is 483 g/mol. The van der Waals surface area contributed by atoms with Gasteiger partial charge in [0, 0.05) is 12.1 Å². The van der Waals surface area contributed by atoms with E-state index in [-0.39, 0.29) is 11.0 Å². The van der Waals surface area contributed by atoms with Gasteiger partial charge in [-0.1, -0.05) is 61.0 Å². The van der Waals surface area contributed by atoms with Gasteiger partial charge >= 0.3 is 5.97 Å². The number of rotatable bonds is 10. The summed E-state index contributed by atoms with van der Waals surface area (Å²) in [6.45, 7) is 4.14. The van der Waals surface area contributed by atoms with Crippen LogP contribution in [0.25, 0.3) is 0 Å². The van der Waals surface area contributed by atoms with Crippen LogP contribution in [0.15, 0.2) is 24.3 Å². The van der Waals surface area contributed by atoms with E-state index in [1.807, 2.05) is 0 Å². The molecule has 1 atom stereocenters. The third kappa shape index (κ3) is 10.3. The fourth-order valence-corrected chi connectivity index (χ4v) is 2.91. The molecule has 0 saturated heterocycles. The maximum Gasteiger partial charge on any atom is 0.338 e. The molecule has 29 heavy (non-hydrogen) atoms. The van der Waals surface area contributed by atoms with E-state index in [2.05, 4.69) is 22.9 Å². The van der Waals surface area contributed by atoms with Crippen molar-refractivity contribution in [1.82, 2.24) is 10.6 Å². The van der Waals surface area contributed by atoms with Crippen LogP contribution in [0, 0.1) is 0 Å². The van der Waals surface area contributed by atoms with Crippen molar-refractivity contribution in [2.45, 2.75) is 55.9 Å². The Labute approximate surface area is 192 Å². The number of thiocarbonyl (C=S) groups is 1. The molecule has 3 N–H and O–H groups in total. The van der Waals surface area contributed by atoms with E-state index in [0.29, 0.717) is 24.3 Å². The molecule has 10 heteroatoms. The summed E-state index contributed by atoms with van der Waals surface area (Å²) in [7, 11) is 0. The molecule has 0 aliphatic carbocycles. The summed E-state index contributed by atoms with van der Waals surface area (Å²) in [4.78, 5) is 23.8. The number of carbonyl (C=O) groups excluding carboxylic acids is 2. The monoisotopic (exact) mass is 481 g/mol. The second kappa shape index (κ2) is 13.1. The lowest BCUT2D eigenvalue weighted by Gasteiger charge is -2.27. The number of hydrogen-bond donors (Lipinski definition) is 3. The number of esters is 1. The van der Waals surface area contributed by atoms with Crippen molar-refractivity contribution in [2.24, 2.45) is 0 Å². The molecule has 1 aromatic carbocycles. The van der Waals surface area contributed by atoms with E-state index in [4.69, 9.17) is 51.8 Å². The van der Waals surface area contributed by atoms with Crippen molar-refractivity contribution in [3.05, 3.63) is 29.8 Å². The molecule has 0 unspecified atom stereocenters. The van der Waals surface area contributed by atoms with Crippen LogP contribution in [0.3, 0.4) is 0 Å². The van der Waals surface area contributed by atoms with Gasteiger partial charge in [0.05, 0.1) is 12.2 Å². The van der Waals surface area contributed by atoms with Gasteiger partial charge in [-0.15, -0.1) is 0 Å². The lowest BCUT2D eigenvalue weighted by molar-refractivity contribution is -0.122. The van der Waals surface area contributed by atoms with Crippen molar-refractivity contribution < 1.29 is 14.3 Å². The molecule has 1 amide bonds. The molecule has 0 aromatic heterocycles. The second-order valence-electron chi connectivity index (χ2n) is 6.25. The van der Waals surface area contributed by atoms with Gasteiger partial charge in [-0.05, 0) is 49.8 Å². The predicted molar refractivity (Wildman–Crippen MR) is 123 cm³/mol. The molecule has 0 aliphatic rings. The average Bonchev–Trinajstić information content (AvgIpc) is 2.64. The molecule has 0 radical (unpaired) electrons. The summed E-state index contributed by atoms with van der Waals surface area (Å²) in [5.41, 5.74) is 1.04. The minimum absolute atomic E-state index is 0.150. The number of hydrogen-bond acceptors (Lipinski definition) is 4. The lowest BCUT2D eigenvalue weighted by Crippen LogP contribution is -2.56. The highest BCUT2D eigenvalue weighted by molar-refractivity contribution is 7.80. The summed E-state index contributed by atoms with van der Waals surface area (Å²) < 4.78 is 3.13. The molecule has 0 aliphatic heterocycles. The third-order valence-electron chi connectivity index (χ3n) is 3.82. The first kappa shape index (κ1) is 25.8. The Kier molecular flexibility index (Phi) is 11.6. The second-order valence-corrected chi connectivity index (χ2v) is 9.03. The van der Waals surface area contributed by atoms with Crippen LogP contribution in [0.4, 0.5) is 5.69 Å². The first-order chi connectivity index (χ1) is 13.7. The molecule has 0 heterocycles.